The number of aliphatic hydroxyl groups excluding tert-OH is 1. The third kappa shape index (κ3) is 2.59. The molecule has 68 valence electrons. The fraction of sp³-hybridized carbons (Fsp3) is 0.833. The molecule has 2 unspecified atom stereocenters. The monoisotopic (exact) mass is 298 g/mol. The van der Waals surface area contributed by atoms with Crippen molar-refractivity contribution in [1.29, 1.82) is 0 Å². The number of nitrogens with zero attached hydrogens (tertiary/aromatic N) is 1. The van der Waals surface area contributed by atoms with Gasteiger partial charge in [-0.15, -0.1) is 0 Å². The molecule has 0 bridgehead atoms. The van der Waals surface area contributed by atoms with Gasteiger partial charge in [0.05, 0.1) is 3.73 Å². The van der Waals surface area contributed by atoms with Gasteiger partial charge in [-0.05, 0) is 6.92 Å². The zero-order valence-corrected chi connectivity index (χ0v) is 9.91. The maximum absolute atomic E-state index is 11.1. The highest BCUT2D eigenvalue weighted by Gasteiger charge is 2.25. The summed E-state index contributed by atoms with van der Waals surface area (Å²) in [6.45, 7) is 3.45. The number of hydrogen-bond acceptors (Lipinski definition) is 2. The predicted octanol–water partition coefficient (Wildman–Crippen LogP) is -0.227. The lowest BCUT2D eigenvalue weighted by atomic mass is 10.6. The van der Waals surface area contributed by atoms with Gasteiger partial charge < -0.3 is 15.3 Å². The number of nitrogens with one attached hydrogen (secondary N) is 1. The average Bonchev–Trinajstić information content (AvgIpc) is 2.33. The van der Waals surface area contributed by atoms with E-state index in [9.17, 15) is 4.79 Å². The van der Waals surface area contributed by atoms with Crippen LogP contribution in [0.2, 0.25) is 0 Å². The van der Waals surface area contributed by atoms with E-state index >= 15 is 0 Å². The summed E-state index contributed by atoms with van der Waals surface area (Å²) in [6.07, 6.45) is 0. The van der Waals surface area contributed by atoms with Gasteiger partial charge >= 0.3 is 6.03 Å². The zero-order chi connectivity index (χ0) is 9.14. The molecule has 1 fully saturated rings. The average molecular weight is 298 g/mol. The minimum atomic E-state index is -0.342. The van der Waals surface area contributed by atoms with Crippen molar-refractivity contribution in [3.63, 3.8) is 0 Å². The molecule has 0 aromatic rings. The number of rotatable bonds is 3. The minimum absolute atomic E-state index is 0.00736. The van der Waals surface area contributed by atoms with Gasteiger partial charge in [0.1, 0.15) is 9.52 Å². The second kappa shape index (κ2) is 4.42. The van der Waals surface area contributed by atoms with Crippen molar-refractivity contribution in [2.24, 2.45) is 0 Å². The molecular weight excluding hydrogens is 287 g/mol. The van der Waals surface area contributed by atoms with Gasteiger partial charge in [0.25, 0.3) is 0 Å². The standard InChI is InChI=1S/C6H11IN2O2Si/c1-4(12-5(7)10)9-3-2-8-6(9)11/h4-5,10H,2-3H2,1H3,(H,8,11). The Labute approximate surface area is 87.7 Å². The first-order chi connectivity index (χ1) is 5.61. The van der Waals surface area contributed by atoms with E-state index in [2.05, 4.69) is 5.32 Å². The molecule has 0 saturated carbocycles. The quantitative estimate of drug-likeness (QED) is 0.430. The Balaban J connectivity index is 2.40. The molecule has 1 saturated heterocycles. The summed E-state index contributed by atoms with van der Waals surface area (Å²) in [5.41, 5.74) is 0.152. The summed E-state index contributed by atoms with van der Waals surface area (Å²) in [5, 5.41) is 11.8. The third-order valence-electron chi connectivity index (χ3n) is 1.74. The van der Waals surface area contributed by atoms with E-state index < -0.39 is 0 Å². The Bertz CT molecular complexity index is 179. The van der Waals surface area contributed by atoms with Gasteiger partial charge in [0.15, 0.2) is 0 Å². The molecular formula is C6H11IN2O2Si. The van der Waals surface area contributed by atoms with E-state index in [4.69, 9.17) is 5.11 Å². The van der Waals surface area contributed by atoms with Crippen LogP contribution in [0.5, 0.6) is 0 Å². The molecule has 1 rings (SSSR count). The van der Waals surface area contributed by atoms with Gasteiger partial charge in [0.2, 0.25) is 0 Å². The molecule has 1 aliphatic heterocycles. The molecule has 0 aromatic heterocycles. The SMILES string of the molecule is CC([Si]C(O)I)N1CCNC1=O. The Morgan fingerprint density at radius 1 is 1.83 bits per heavy atom. The first kappa shape index (κ1) is 10.3. The topological polar surface area (TPSA) is 52.6 Å². The summed E-state index contributed by atoms with van der Waals surface area (Å²) in [4.78, 5) is 12.9. The van der Waals surface area contributed by atoms with Crippen molar-refractivity contribution in [1.82, 2.24) is 10.2 Å². The number of halogens is 1. The number of urea groups is 1. The molecule has 1 heterocycles. The molecule has 2 N–H and O–H groups in total. The second-order valence-electron chi connectivity index (χ2n) is 2.60. The molecule has 0 aliphatic carbocycles. The first-order valence-electron chi connectivity index (χ1n) is 3.74. The number of alkyl halides is 1. The maximum atomic E-state index is 11.1. The Hall–Kier alpha value is 0.177. The largest absolute Gasteiger partial charge is 0.387 e. The van der Waals surface area contributed by atoms with Crippen molar-refractivity contribution < 1.29 is 9.90 Å². The number of aliphatic hydroxyl groups is 1. The van der Waals surface area contributed by atoms with Gasteiger partial charge in [-0.25, -0.2) is 4.79 Å². The summed E-state index contributed by atoms with van der Waals surface area (Å²) in [7, 11) is 0.390. The summed E-state index contributed by atoms with van der Waals surface area (Å²) in [5.74, 6) is 0. The van der Waals surface area contributed by atoms with Crippen molar-refractivity contribution in [2.75, 3.05) is 13.1 Å². The highest BCUT2D eigenvalue weighted by molar-refractivity contribution is 14.1. The Morgan fingerprint density at radius 2 is 2.50 bits per heavy atom. The fourth-order valence-electron chi connectivity index (χ4n) is 1.14. The van der Waals surface area contributed by atoms with Crippen LogP contribution in [0.15, 0.2) is 0 Å². The Kier molecular flexibility index (Phi) is 3.78. The molecule has 6 heteroatoms. The molecule has 2 radical (unpaired) electrons. The highest BCUT2D eigenvalue weighted by atomic mass is 127. The number of carbonyl (C=O) groups excluding carboxylic acids is 1. The maximum Gasteiger partial charge on any atom is 0.317 e. The number of amides is 2. The minimum Gasteiger partial charge on any atom is -0.387 e. The van der Waals surface area contributed by atoms with Crippen LogP contribution in [0.3, 0.4) is 0 Å². The molecule has 2 atom stereocenters. The molecule has 0 aromatic carbocycles. The van der Waals surface area contributed by atoms with Crippen LogP contribution in [-0.4, -0.2) is 48.0 Å². The van der Waals surface area contributed by atoms with Crippen molar-refractivity contribution >= 4 is 38.1 Å². The van der Waals surface area contributed by atoms with E-state index in [1.807, 2.05) is 29.5 Å². The molecule has 12 heavy (non-hydrogen) atoms. The smallest absolute Gasteiger partial charge is 0.317 e. The van der Waals surface area contributed by atoms with Crippen LogP contribution >= 0.6 is 22.6 Å². The van der Waals surface area contributed by atoms with Crippen LogP contribution in [0.25, 0.3) is 0 Å². The highest BCUT2D eigenvalue weighted by Crippen LogP contribution is 2.06. The number of carbonyl (C=O) groups is 1. The molecule has 4 nitrogen and oxygen atoms in total. The van der Waals surface area contributed by atoms with Gasteiger partial charge in [0, 0.05) is 18.8 Å². The molecule has 1 aliphatic rings. The lowest BCUT2D eigenvalue weighted by Gasteiger charge is -2.22. The van der Waals surface area contributed by atoms with Gasteiger partial charge in [-0.2, -0.15) is 0 Å². The van der Waals surface area contributed by atoms with E-state index in [0.717, 1.165) is 13.1 Å². The van der Waals surface area contributed by atoms with E-state index in [0.29, 0.717) is 9.52 Å². The normalized spacial score (nSPS) is 22.2. The third-order valence-corrected chi connectivity index (χ3v) is 3.88. The van der Waals surface area contributed by atoms with Crippen molar-refractivity contribution in [2.45, 2.75) is 16.3 Å². The summed E-state index contributed by atoms with van der Waals surface area (Å²) in [6, 6.07) is -0.00736. The lowest BCUT2D eigenvalue weighted by Crippen LogP contribution is -2.42. The van der Waals surface area contributed by atoms with E-state index in [1.54, 1.807) is 4.90 Å². The van der Waals surface area contributed by atoms with Gasteiger partial charge in [-0.1, -0.05) is 22.6 Å². The number of hydrogen-bond donors (Lipinski definition) is 2. The second-order valence-corrected chi connectivity index (χ2v) is 6.67. The van der Waals surface area contributed by atoms with Crippen LogP contribution in [0, 0.1) is 0 Å². The Morgan fingerprint density at radius 3 is 2.92 bits per heavy atom. The van der Waals surface area contributed by atoms with Crippen molar-refractivity contribution in [3.05, 3.63) is 0 Å². The predicted molar refractivity (Wildman–Crippen MR) is 55.3 cm³/mol. The lowest BCUT2D eigenvalue weighted by molar-refractivity contribution is 0.213. The van der Waals surface area contributed by atoms with E-state index in [-0.39, 0.29) is 15.4 Å². The van der Waals surface area contributed by atoms with E-state index in [1.165, 1.54) is 0 Å². The zero-order valence-electron chi connectivity index (χ0n) is 6.75. The summed E-state index contributed by atoms with van der Waals surface area (Å²) < 4.78 is -0.342. The summed E-state index contributed by atoms with van der Waals surface area (Å²) >= 11 is 1.96. The fourth-order valence-corrected chi connectivity index (χ4v) is 3.53. The molecule has 0 spiro atoms. The van der Waals surface area contributed by atoms with Crippen LogP contribution in [-0.2, 0) is 0 Å². The molecule has 2 amide bonds. The van der Waals surface area contributed by atoms with Crippen LogP contribution in [0.4, 0.5) is 4.79 Å². The van der Waals surface area contributed by atoms with Crippen LogP contribution < -0.4 is 5.32 Å². The van der Waals surface area contributed by atoms with Crippen molar-refractivity contribution in [3.8, 4) is 0 Å². The first-order valence-corrected chi connectivity index (χ1v) is 6.14. The van der Waals surface area contributed by atoms with Crippen LogP contribution in [0.1, 0.15) is 6.92 Å². The van der Waals surface area contributed by atoms with Gasteiger partial charge in [-0.3, -0.25) is 0 Å².